The van der Waals surface area contributed by atoms with E-state index in [2.05, 4.69) is 48.3 Å². The van der Waals surface area contributed by atoms with E-state index in [0.29, 0.717) is 5.92 Å². The molecule has 0 bridgehead atoms. The van der Waals surface area contributed by atoms with Gasteiger partial charge in [-0.05, 0) is 23.3 Å². The molecule has 1 heteroatoms. The Hall–Kier alpha value is -1.63. The molecule has 2 rings (SSSR count). The normalized spacial score (nSPS) is 11.2. The van der Waals surface area contributed by atoms with Crippen LogP contribution in [0, 0.1) is 0 Å². The lowest BCUT2D eigenvalue weighted by atomic mass is 9.94. The zero-order valence-corrected chi connectivity index (χ0v) is 10.2. The van der Waals surface area contributed by atoms with E-state index in [1.54, 1.807) is 0 Å². The lowest BCUT2D eigenvalue weighted by molar-refractivity contribution is 0.917. The first-order valence-electron chi connectivity index (χ1n) is 5.83. The van der Waals surface area contributed by atoms with Gasteiger partial charge in [0.25, 0.3) is 0 Å². The molecule has 0 saturated carbocycles. The summed E-state index contributed by atoms with van der Waals surface area (Å²) in [5, 5.41) is 0. The highest BCUT2D eigenvalue weighted by molar-refractivity contribution is 5.29. The molecular formula is C15H19N. The van der Waals surface area contributed by atoms with Crippen molar-refractivity contribution in [1.29, 1.82) is 0 Å². The zero-order chi connectivity index (χ0) is 11.8. The Labute approximate surface area is 98.2 Å². The summed E-state index contributed by atoms with van der Waals surface area (Å²) in [6.45, 7) is 6.21. The van der Waals surface area contributed by atoms with Gasteiger partial charge >= 0.3 is 0 Å². The fourth-order valence-electron chi connectivity index (χ4n) is 1.59. The lowest BCUT2D eigenvalue weighted by Gasteiger charge is -2.11. The summed E-state index contributed by atoms with van der Waals surface area (Å²) in [5.41, 5.74) is 2.66. The standard InChI is InChI=1S/C13H13N.C2H6/c1-11(12-5-3-2-4-6-12)13-7-9-14-10-8-13;1-2/h2-11H,1H3;1-2H3. The van der Waals surface area contributed by atoms with Crippen LogP contribution in [0.25, 0.3) is 0 Å². The summed E-state index contributed by atoms with van der Waals surface area (Å²) < 4.78 is 0. The molecule has 0 spiro atoms. The van der Waals surface area contributed by atoms with Crippen LogP contribution in [0.2, 0.25) is 0 Å². The van der Waals surface area contributed by atoms with Crippen LogP contribution < -0.4 is 0 Å². The SMILES string of the molecule is CC.CC(c1ccccc1)c1ccncc1. The highest BCUT2D eigenvalue weighted by Gasteiger charge is 2.06. The monoisotopic (exact) mass is 213 g/mol. The molecule has 0 aliphatic rings. The second-order valence-corrected chi connectivity index (χ2v) is 3.41. The lowest BCUT2D eigenvalue weighted by Crippen LogP contribution is -1.95. The van der Waals surface area contributed by atoms with Crippen molar-refractivity contribution in [3.05, 3.63) is 66.0 Å². The highest BCUT2D eigenvalue weighted by Crippen LogP contribution is 2.22. The van der Waals surface area contributed by atoms with Gasteiger partial charge in [-0.25, -0.2) is 0 Å². The first-order valence-corrected chi connectivity index (χ1v) is 5.83. The summed E-state index contributed by atoms with van der Waals surface area (Å²) >= 11 is 0. The van der Waals surface area contributed by atoms with E-state index in [9.17, 15) is 0 Å². The molecule has 1 unspecified atom stereocenters. The van der Waals surface area contributed by atoms with Gasteiger partial charge < -0.3 is 0 Å². The third kappa shape index (κ3) is 3.20. The van der Waals surface area contributed by atoms with Gasteiger partial charge in [0.15, 0.2) is 0 Å². The molecule has 1 aromatic heterocycles. The average molecular weight is 213 g/mol. The molecule has 0 fully saturated rings. The largest absolute Gasteiger partial charge is 0.265 e. The first-order chi connectivity index (χ1) is 7.88. The number of hydrogen-bond acceptors (Lipinski definition) is 1. The summed E-state index contributed by atoms with van der Waals surface area (Å²) in [4.78, 5) is 4.02. The fraction of sp³-hybridized carbons (Fsp3) is 0.267. The van der Waals surface area contributed by atoms with Gasteiger partial charge in [-0.3, -0.25) is 4.98 Å². The molecule has 0 amide bonds. The minimum atomic E-state index is 0.444. The molecule has 0 N–H and O–H groups in total. The molecular weight excluding hydrogens is 194 g/mol. The Kier molecular flexibility index (Phi) is 5.27. The molecule has 0 aliphatic heterocycles. The third-order valence-corrected chi connectivity index (χ3v) is 2.51. The highest BCUT2D eigenvalue weighted by atomic mass is 14.6. The van der Waals surface area contributed by atoms with Gasteiger partial charge in [-0.1, -0.05) is 51.1 Å². The van der Waals surface area contributed by atoms with Crippen LogP contribution in [-0.4, -0.2) is 4.98 Å². The Morgan fingerprint density at radius 2 is 1.31 bits per heavy atom. The molecule has 0 radical (unpaired) electrons. The Bertz CT molecular complexity index is 341. The maximum Gasteiger partial charge on any atom is 0.0270 e. The van der Waals surface area contributed by atoms with E-state index in [1.807, 2.05) is 32.3 Å². The van der Waals surface area contributed by atoms with Crippen molar-refractivity contribution >= 4 is 0 Å². The van der Waals surface area contributed by atoms with Crippen molar-refractivity contribution in [2.75, 3.05) is 0 Å². The molecule has 16 heavy (non-hydrogen) atoms. The van der Waals surface area contributed by atoms with Gasteiger partial charge in [0, 0.05) is 18.3 Å². The van der Waals surface area contributed by atoms with Crippen LogP contribution in [0.3, 0.4) is 0 Å². The van der Waals surface area contributed by atoms with Crippen LogP contribution >= 0.6 is 0 Å². The van der Waals surface area contributed by atoms with Crippen molar-refractivity contribution in [3.63, 3.8) is 0 Å². The minimum Gasteiger partial charge on any atom is -0.265 e. The maximum atomic E-state index is 4.02. The molecule has 2 aromatic rings. The number of nitrogens with zero attached hydrogens (tertiary/aromatic N) is 1. The number of pyridine rings is 1. The Balaban J connectivity index is 0.000000606. The molecule has 84 valence electrons. The first kappa shape index (κ1) is 12.4. The summed E-state index contributed by atoms with van der Waals surface area (Å²) in [7, 11) is 0. The Morgan fingerprint density at radius 3 is 1.88 bits per heavy atom. The van der Waals surface area contributed by atoms with Crippen LogP contribution in [0.4, 0.5) is 0 Å². The van der Waals surface area contributed by atoms with E-state index >= 15 is 0 Å². The van der Waals surface area contributed by atoms with Gasteiger partial charge in [-0.15, -0.1) is 0 Å². The average Bonchev–Trinajstić information content (AvgIpc) is 2.42. The van der Waals surface area contributed by atoms with Gasteiger partial charge in [0.1, 0.15) is 0 Å². The van der Waals surface area contributed by atoms with E-state index in [4.69, 9.17) is 0 Å². The third-order valence-electron chi connectivity index (χ3n) is 2.51. The fourth-order valence-corrected chi connectivity index (χ4v) is 1.59. The number of hydrogen-bond donors (Lipinski definition) is 0. The van der Waals surface area contributed by atoms with Crippen LogP contribution in [-0.2, 0) is 0 Å². The van der Waals surface area contributed by atoms with Crippen molar-refractivity contribution < 1.29 is 0 Å². The maximum absolute atomic E-state index is 4.02. The van der Waals surface area contributed by atoms with E-state index in [1.165, 1.54) is 11.1 Å². The number of aromatic nitrogens is 1. The molecule has 1 heterocycles. The summed E-state index contributed by atoms with van der Waals surface area (Å²) in [6, 6.07) is 14.6. The predicted octanol–water partition coefficient (Wildman–Crippen LogP) is 4.26. The van der Waals surface area contributed by atoms with E-state index in [-0.39, 0.29) is 0 Å². The minimum absolute atomic E-state index is 0.444. The predicted molar refractivity (Wildman–Crippen MR) is 69.5 cm³/mol. The van der Waals surface area contributed by atoms with Gasteiger partial charge in [0.05, 0.1) is 0 Å². The quantitative estimate of drug-likeness (QED) is 0.726. The molecule has 0 aliphatic carbocycles. The molecule has 0 saturated heterocycles. The van der Waals surface area contributed by atoms with Crippen molar-refractivity contribution in [3.8, 4) is 0 Å². The number of rotatable bonds is 2. The number of benzene rings is 1. The van der Waals surface area contributed by atoms with Gasteiger partial charge in [-0.2, -0.15) is 0 Å². The second-order valence-electron chi connectivity index (χ2n) is 3.41. The summed E-state index contributed by atoms with van der Waals surface area (Å²) in [6.07, 6.45) is 3.68. The smallest absolute Gasteiger partial charge is 0.0270 e. The van der Waals surface area contributed by atoms with Crippen molar-refractivity contribution in [1.82, 2.24) is 4.98 Å². The molecule has 1 nitrogen and oxygen atoms in total. The zero-order valence-electron chi connectivity index (χ0n) is 10.2. The van der Waals surface area contributed by atoms with Crippen molar-refractivity contribution in [2.24, 2.45) is 0 Å². The topological polar surface area (TPSA) is 12.9 Å². The van der Waals surface area contributed by atoms with Crippen molar-refractivity contribution in [2.45, 2.75) is 26.7 Å². The second kappa shape index (κ2) is 6.78. The van der Waals surface area contributed by atoms with Gasteiger partial charge in [0.2, 0.25) is 0 Å². The van der Waals surface area contributed by atoms with Crippen LogP contribution in [0.5, 0.6) is 0 Å². The van der Waals surface area contributed by atoms with Crippen LogP contribution in [0.15, 0.2) is 54.9 Å². The summed E-state index contributed by atoms with van der Waals surface area (Å²) in [5.74, 6) is 0.444. The molecule has 1 aromatic carbocycles. The molecule has 1 atom stereocenters. The van der Waals surface area contributed by atoms with E-state index < -0.39 is 0 Å². The Morgan fingerprint density at radius 1 is 0.812 bits per heavy atom. The van der Waals surface area contributed by atoms with E-state index in [0.717, 1.165) is 0 Å². The van der Waals surface area contributed by atoms with Crippen LogP contribution in [0.1, 0.15) is 37.8 Å².